The Kier molecular flexibility index (Phi) is 7.85. The van der Waals surface area contributed by atoms with Gasteiger partial charge in [0.1, 0.15) is 5.75 Å². The number of esters is 1. The smallest absolute Gasteiger partial charge is 0.405 e. The van der Waals surface area contributed by atoms with Crippen molar-refractivity contribution in [1.82, 2.24) is 0 Å². The largest absolute Gasteiger partial charge is 0.464 e. The fraction of sp³-hybridized carbons (Fsp3) is 0.316. The van der Waals surface area contributed by atoms with E-state index in [1.165, 1.54) is 6.92 Å². The maximum absolute atomic E-state index is 13.1. The van der Waals surface area contributed by atoms with Gasteiger partial charge in [0.25, 0.3) is 0 Å². The molecule has 0 amide bonds. The van der Waals surface area contributed by atoms with E-state index in [4.69, 9.17) is 18.5 Å². The molecule has 7 heteroatoms. The second-order valence-electron chi connectivity index (χ2n) is 5.48. The van der Waals surface area contributed by atoms with E-state index in [0.29, 0.717) is 5.75 Å². The molecule has 0 saturated carbocycles. The molecule has 2 aromatic carbocycles. The summed E-state index contributed by atoms with van der Waals surface area (Å²) >= 11 is 0. The molecule has 140 valence electrons. The van der Waals surface area contributed by atoms with Gasteiger partial charge < -0.3 is 14.0 Å². The van der Waals surface area contributed by atoms with E-state index in [9.17, 15) is 9.36 Å². The van der Waals surface area contributed by atoms with Gasteiger partial charge in [0.2, 0.25) is 0 Å². The van der Waals surface area contributed by atoms with Gasteiger partial charge in [0.15, 0.2) is 12.5 Å². The third-order valence-electron chi connectivity index (χ3n) is 3.29. The fourth-order valence-corrected chi connectivity index (χ4v) is 3.60. The molecular formula is C19H23O6P. The van der Waals surface area contributed by atoms with Gasteiger partial charge in [-0.3, -0.25) is 4.52 Å². The zero-order chi connectivity index (χ0) is 18.8. The summed E-state index contributed by atoms with van der Waals surface area (Å²) in [5.74, 6) is -0.234. The van der Waals surface area contributed by atoms with Crippen molar-refractivity contribution >= 4 is 13.6 Å². The van der Waals surface area contributed by atoms with Gasteiger partial charge in [-0.1, -0.05) is 48.5 Å². The Hall–Kier alpha value is -2.14. The summed E-state index contributed by atoms with van der Waals surface area (Å²) in [6.45, 7) is 3.62. The van der Waals surface area contributed by atoms with Crippen LogP contribution in [-0.4, -0.2) is 25.0 Å². The predicted molar refractivity (Wildman–Crippen MR) is 98.0 cm³/mol. The van der Waals surface area contributed by atoms with Crippen molar-refractivity contribution in [2.24, 2.45) is 0 Å². The van der Waals surface area contributed by atoms with Crippen LogP contribution in [0.15, 0.2) is 60.7 Å². The Morgan fingerprint density at radius 2 is 1.65 bits per heavy atom. The third-order valence-corrected chi connectivity index (χ3v) is 4.91. The topological polar surface area (TPSA) is 71.1 Å². The number of hydrogen-bond donors (Lipinski definition) is 0. The van der Waals surface area contributed by atoms with Gasteiger partial charge in [-0.25, -0.2) is 9.36 Å². The lowest BCUT2D eigenvalue weighted by Crippen LogP contribution is -2.24. The second-order valence-corrected chi connectivity index (χ2v) is 7.35. The first kappa shape index (κ1) is 20.2. The molecule has 0 aromatic heterocycles. The molecule has 0 bridgehead atoms. The summed E-state index contributed by atoms with van der Waals surface area (Å²) in [4.78, 5) is 11.8. The monoisotopic (exact) mass is 378 g/mol. The van der Waals surface area contributed by atoms with Crippen LogP contribution in [-0.2, 0) is 30.0 Å². The van der Waals surface area contributed by atoms with Crippen LogP contribution in [0, 0.1) is 0 Å². The number of ether oxygens (including phenoxy) is 2. The van der Waals surface area contributed by atoms with Gasteiger partial charge in [-0.2, -0.15) is 0 Å². The summed E-state index contributed by atoms with van der Waals surface area (Å²) in [5.41, 5.74) is 0.928. The van der Waals surface area contributed by atoms with Crippen LogP contribution in [0.4, 0.5) is 0 Å². The van der Waals surface area contributed by atoms with Crippen LogP contribution in [0.1, 0.15) is 19.4 Å². The van der Waals surface area contributed by atoms with Crippen LogP contribution in [0.5, 0.6) is 5.75 Å². The Balaban J connectivity index is 2.04. The molecule has 2 aromatic rings. The Labute approximate surface area is 153 Å². The second kappa shape index (κ2) is 10.1. The lowest BCUT2D eigenvalue weighted by atomic mass is 10.2. The normalized spacial score (nSPS) is 14.2. The van der Waals surface area contributed by atoms with Gasteiger partial charge in [0, 0.05) is 0 Å². The van der Waals surface area contributed by atoms with E-state index in [0.717, 1.165) is 5.56 Å². The molecule has 2 atom stereocenters. The molecule has 0 spiro atoms. The van der Waals surface area contributed by atoms with E-state index in [1.54, 1.807) is 31.2 Å². The highest BCUT2D eigenvalue weighted by Crippen LogP contribution is 2.49. The maximum atomic E-state index is 13.1. The third kappa shape index (κ3) is 6.64. The summed E-state index contributed by atoms with van der Waals surface area (Å²) in [6, 6.07) is 18.1. The van der Waals surface area contributed by atoms with Gasteiger partial charge in [0.05, 0.1) is 13.2 Å². The highest BCUT2D eigenvalue weighted by atomic mass is 31.2. The average Bonchev–Trinajstić information content (AvgIpc) is 2.63. The highest BCUT2D eigenvalue weighted by molar-refractivity contribution is 7.54. The van der Waals surface area contributed by atoms with Crippen molar-refractivity contribution in [2.75, 3.05) is 13.0 Å². The van der Waals surface area contributed by atoms with Gasteiger partial charge in [-0.05, 0) is 31.5 Å². The molecule has 0 aliphatic carbocycles. The molecule has 0 aliphatic heterocycles. The molecule has 26 heavy (non-hydrogen) atoms. The van der Waals surface area contributed by atoms with Crippen molar-refractivity contribution in [3.8, 4) is 5.75 Å². The Morgan fingerprint density at radius 1 is 1.04 bits per heavy atom. The van der Waals surface area contributed by atoms with Crippen LogP contribution in [0.3, 0.4) is 0 Å². The number of benzene rings is 2. The number of para-hydroxylation sites is 1. The van der Waals surface area contributed by atoms with Gasteiger partial charge in [-0.15, -0.1) is 0 Å². The van der Waals surface area contributed by atoms with Crippen molar-refractivity contribution < 1.29 is 27.9 Å². The minimum atomic E-state index is -3.73. The summed E-state index contributed by atoms with van der Waals surface area (Å²) < 4.78 is 34.5. The van der Waals surface area contributed by atoms with E-state index in [-0.39, 0.29) is 19.6 Å². The highest BCUT2D eigenvalue weighted by Gasteiger charge is 2.33. The first-order chi connectivity index (χ1) is 12.5. The predicted octanol–water partition coefficient (Wildman–Crippen LogP) is 4.40. The molecule has 6 nitrogen and oxygen atoms in total. The summed E-state index contributed by atoms with van der Waals surface area (Å²) in [5, 5.41) is 0. The Morgan fingerprint density at radius 3 is 2.27 bits per heavy atom. The van der Waals surface area contributed by atoms with Crippen molar-refractivity contribution in [2.45, 2.75) is 26.6 Å². The summed E-state index contributed by atoms with van der Waals surface area (Å²) in [7, 11) is -3.73. The minimum absolute atomic E-state index is 0.209. The fourth-order valence-electron chi connectivity index (χ4n) is 2.11. The van der Waals surface area contributed by atoms with Crippen LogP contribution in [0.2, 0.25) is 0 Å². The lowest BCUT2D eigenvalue weighted by molar-refractivity contribution is -0.150. The van der Waals surface area contributed by atoms with Crippen LogP contribution in [0.25, 0.3) is 0 Å². The molecule has 0 heterocycles. The molecule has 0 radical (unpaired) electrons. The zero-order valence-corrected chi connectivity index (χ0v) is 15.8. The first-order valence-corrected chi connectivity index (χ1v) is 10.1. The molecule has 2 unspecified atom stereocenters. The zero-order valence-electron chi connectivity index (χ0n) is 14.9. The number of rotatable bonds is 10. The van der Waals surface area contributed by atoms with E-state index in [2.05, 4.69) is 0 Å². The van der Waals surface area contributed by atoms with E-state index < -0.39 is 19.7 Å². The maximum Gasteiger partial charge on any atom is 0.405 e. The Bertz CT molecular complexity index is 719. The summed E-state index contributed by atoms with van der Waals surface area (Å²) in [6.07, 6.45) is -1.33. The molecule has 0 aliphatic rings. The lowest BCUT2D eigenvalue weighted by Gasteiger charge is -2.22. The van der Waals surface area contributed by atoms with Gasteiger partial charge >= 0.3 is 13.6 Å². The SMILES string of the molecule is CCOC(=O)C(C)OP(=O)(COCc1ccccc1)Oc1ccccc1. The van der Waals surface area contributed by atoms with E-state index >= 15 is 0 Å². The van der Waals surface area contributed by atoms with Crippen LogP contribution >= 0.6 is 7.60 Å². The molecule has 2 rings (SSSR count). The molecular weight excluding hydrogens is 355 g/mol. The van der Waals surface area contributed by atoms with Crippen molar-refractivity contribution in [3.05, 3.63) is 66.2 Å². The number of carbonyl (C=O) groups is 1. The van der Waals surface area contributed by atoms with Crippen molar-refractivity contribution in [3.63, 3.8) is 0 Å². The first-order valence-electron chi connectivity index (χ1n) is 8.33. The standard InChI is InChI=1S/C19H23O6P/c1-3-23-19(20)16(2)24-26(21,25-18-12-8-5-9-13-18)15-22-14-17-10-6-4-7-11-17/h4-13,16H,3,14-15H2,1-2H3. The molecule has 0 fully saturated rings. The molecule has 0 saturated heterocycles. The van der Waals surface area contributed by atoms with Crippen molar-refractivity contribution in [1.29, 1.82) is 0 Å². The quantitative estimate of drug-likeness (QED) is 0.451. The number of hydrogen-bond acceptors (Lipinski definition) is 6. The minimum Gasteiger partial charge on any atom is -0.464 e. The van der Waals surface area contributed by atoms with Crippen LogP contribution < -0.4 is 4.52 Å². The molecule has 0 N–H and O–H groups in total. The average molecular weight is 378 g/mol. The number of carbonyl (C=O) groups excluding carboxylic acids is 1. The van der Waals surface area contributed by atoms with E-state index in [1.807, 2.05) is 36.4 Å².